The Morgan fingerprint density at radius 3 is 2.79 bits per heavy atom. The number of methoxy groups -OCH3 is 1. The lowest BCUT2D eigenvalue weighted by molar-refractivity contribution is 0.411. The number of fused-ring (bicyclic) bond motifs is 1. The predicted molar refractivity (Wildman–Crippen MR) is 88.5 cm³/mol. The highest BCUT2D eigenvalue weighted by Crippen LogP contribution is 2.34. The van der Waals surface area contributed by atoms with Crippen molar-refractivity contribution in [2.24, 2.45) is 0 Å². The third kappa shape index (κ3) is 2.36. The Morgan fingerprint density at radius 2 is 2.05 bits per heavy atom. The lowest BCUT2D eigenvalue weighted by atomic mass is 10.2. The number of hydrogen-bond acceptors (Lipinski definition) is 2. The third-order valence-corrected chi connectivity index (χ3v) is 4.39. The Hall–Kier alpha value is -1.08. The molecule has 2 aromatic carbocycles. The van der Waals surface area contributed by atoms with Crippen molar-refractivity contribution < 1.29 is 4.74 Å². The van der Waals surface area contributed by atoms with Crippen LogP contribution in [-0.4, -0.2) is 17.1 Å². The molecule has 19 heavy (non-hydrogen) atoms. The third-order valence-electron chi connectivity index (χ3n) is 2.89. The van der Waals surface area contributed by atoms with Crippen LogP contribution >= 0.6 is 38.5 Å². The summed E-state index contributed by atoms with van der Waals surface area (Å²) in [6.07, 6.45) is 0. The zero-order valence-corrected chi connectivity index (χ0v) is 13.8. The standard InChI is InChI=1S/C14H10BrIN2O/c1-19-13-7-9(15)8(6-10(13)16)14-17-11-4-2-3-5-12(11)18-14/h2-7H,1H3,(H,17,18). The van der Waals surface area contributed by atoms with E-state index in [4.69, 9.17) is 4.74 Å². The van der Waals surface area contributed by atoms with Gasteiger partial charge in [-0.2, -0.15) is 0 Å². The minimum atomic E-state index is 0.854. The molecule has 1 heterocycles. The maximum Gasteiger partial charge on any atom is 0.139 e. The Balaban J connectivity index is 2.18. The second-order valence-electron chi connectivity index (χ2n) is 4.07. The minimum Gasteiger partial charge on any atom is -0.496 e. The zero-order chi connectivity index (χ0) is 13.4. The minimum absolute atomic E-state index is 0.854. The number of rotatable bonds is 2. The molecule has 1 aromatic heterocycles. The van der Waals surface area contributed by atoms with Gasteiger partial charge in [0, 0.05) is 10.0 Å². The summed E-state index contributed by atoms with van der Waals surface area (Å²) in [4.78, 5) is 7.94. The van der Waals surface area contributed by atoms with Crippen molar-refractivity contribution in [3.8, 4) is 17.1 Å². The number of para-hydroxylation sites is 2. The van der Waals surface area contributed by atoms with Gasteiger partial charge in [0.2, 0.25) is 0 Å². The van der Waals surface area contributed by atoms with Crippen molar-refractivity contribution in [2.75, 3.05) is 7.11 Å². The molecule has 0 amide bonds. The van der Waals surface area contributed by atoms with Crippen molar-refractivity contribution in [2.45, 2.75) is 0 Å². The van der Waals surface area contributed by atoms with Crippen molar-refractivity contribution in [3.63, 3.8) is 0 Å². The van der Waals surface area contributed by atoms with Gasteiger partial charge in [-0.25, -0.2) is 4.98 Å². The first-order valence-corrected chi connectivity index (χ1v) is 7.54. The first-order chi connectivity index (χ1) is 9.19. The molecule has 3 aromatic rings. The summed E-state index contributed by atoms with van der Waals surface area (Å²) in [6, 6.07) is 12.0. The van der Waals surface area contributed by atoms with E-state index < -0.39 is 0 Å². The van der Waals surface area contributed by atoms with Crippen LogP contribution in [0, 0.1) is 3.57 Å². The van der Waals surface area contributed by atoms with Gasteiger partial charge < -0.3 is 9.72 Å². The first-order valence-electron chi connectivity index (χ1n) is 5.67. The molecular formula is C14H10BrIN2O. The average molecular weight is 429 g/mol. The van der Waals surface area contributed by atoms with Gasteiger partial charge in [0.15, 0.2) is 0 Å². The highest BCUT2D eigenvalue weighted by atomic mass is 127. The number of imidazole rings is 1. The van der Waals surface area contributed by atoms with E-state index in [1.165, 1.54) is 0 Å². The van der Waals surface area contributed by atoms with Crippen LogP contribution in [0.1, 0.15) is 0 Å². The largest absolute Gasteiger partial charge is 0.496 e. The molecule has 0 spiro atoms. The van der Waals surface area contributed by atoms with E-state index in [-0.39, 0.29) is 0 Å². The van der Waals surface area contributed by atoms with E-state index in [0.29, 0.717) is 0 Å². The number of nitrogens with zero attached hydrogens (tertiary/aromatic N) is 1. The van der Waals surface area contributed by atoms with Crippen LogP contribution < -0.4 is 4.74 Å². The zero-order valence-electron chi connectivity index (χ0n) is 10.1. The smallest absolute Gasteiger partial charge is 0.139 e. The second kappa shape index (κ2) is 5.13. The fourth-order valence-electron chi connectivity index (χ4n) is 1.95. The van der Waals surface area contributed by atoms with Crippen LogP contribution in [0.15, 0.2) is 40.9 Å². The van der Waals surface area contributed by atoms with Crippen LogP contribution in [0.5, 0.6) is 5.75 Å². The van der Waals surface area contributed by atoms with Gasteiger partial charge in [-0.1, -0.05) is 12.1 Å². The lowest BCUT2D eigenvalue weighted by Gasteiger charge is -2.07. The number of halogens is 2. The number of H-pyrrole nitrogens is 1. The number of benzene rings is 2. The molecule has 0 aliphatic rings. The first kappa shape index (κ1) is 12.9. The lowest BCUT2D eigenvalue weighted by Crippen LogP contribution is -1.90. The fraction of sp³-hybridized carbons (Fsp3) is 0.0714. The van der Waals surface area contributed by atoms with Crippen molar-refractivity contribution in [3.05, 3.63) is 44.4 Å². The van der Waals surface area contributed by atoms with Crippen molar-refractivity contribution in [1.29, 1.82) is 0 Å². The summed E-state index contributed by atoms with van der Waals surface area (Å²) in [6.45, 7) is 0. The summed E-state index contributed by atoms with van der Waals surface area (Å²) in [7, 11) is 1.67. The van der Waals surface area contributed by atoms with E-state index >= 15 is 0 Å². The SMILES string of the molecule is COc1cc(Br)c(-c2nc3ccccc3[nH]2)cc1I. The predicted octanol–water partition coefficient (Wildman–Crippen LogP) is 4.61. The highest BCUT2D eigenvalue weighted by Gasteiger charge is 2.12. The molecule has 1 N–H and O–H groups in total. The Bertz CT molecular complexity index is 721. The molecular weight excluding hydrogens is 419 g/mol. The topological polar surface area (TPSA) is 37.9 Å². The maximum atomic E-state index is 5.31. The second-order valence-corrected chi connectivity index (χ2v) is 6.09. The molecule has 0 saturated carbocycles. The Morgan fingerprint density at radius 1 is 1.26 bits per heavy atom. The average Bonchev–Trinajstić information content (AvgIpc) is 2.84. The molecule has 0 bridgehead atoms. The van der Waals surface area contributed by atoms with Crippen LogP contribution in [-0.2, 0) is 0 Å². The molecule has 0 fully saturated rings. The van der Waals surface area contributed by atoms with Crippen LogP contribution in [0.4, 0.5) is 0 Å². The molecule has 96 valence electrons. The van der Waals surface area contributed by atoms with Gasteiger partial charge in [-0.3, -0.25) is 0 Å². The number of aromatic amines is 1. The van der Waals surface area contributed by atoms with Crippen LogP contribution in [0.3, 0.4) is 0 Å². The van der Waals surface area contributed by atoms with Gasteiger partial charge in [-0.15, -0.1) is 0 Å². The number of nitrogens with one attached hydrogen (secondary N) is 1. The molecule has 0 unspecified atom stereocenters. The van der Waals surface area contributed by atoms with E-state index in [1.54, 1.807) is 7.11 Å². The Labute approximate surface area is 132 Å². The van der Waals surface area contributed by atoms with E-state index in [1.807, 2.05) is 30.3 Å². The summed E-state index contributed by atoms with van der Waals surface area (Å²) in [5, 5.41) is 0. The van der Waals surface area contributed by atoms with Crippen molar-refractivity contribution in [1.82, 2.24) is 9.97 Å². The summed E-state index contributed by atoms with van der Waals surface area (Å²) >= 11 is 5.83. The number of ether oxygens (including phenoxy) is 1. The number of aromatic nitrogens is 2. The quantitative estimate of drug-likeness (QED) is 0.605. The molecule has 3 nitrogen and oxygen atoms in total. The summed E-state index contributed by atoms with van der Waals surface area (Å²) in [5.41, 5.74) is 3.03. The van der Waals surface area contributed by atoms with Gasteiger partial charge >= 0.3 is 0 Å². The van der Waals surface area contributed by atoms with E-state index in [9.17, 15) is 0 Å². The molecule has 0 atom stereocenters. The number of hydrogen-bond donors (Lipinski definition) is 1. The normalized spacial score (nSPS) is 10.9. The van der Waals surface area contributed by atoms with Gasteiger partial charge in [0.1, 0.15) is 11.6 Å². The van der Waals surface area contributed by atoms with E-state index in [2.05, 4.69) is 54.6 Å². The highest BCUT2D eigenvalue weighted by molar-refractivity contribution is 14.1. The van der Waals surface area contributed by atoms with Crippen LogP contribution in [0.2, 0.25) is 0 Å². The molecule has 3 rings (SSSR count). The van der Waals surface area contributed by atoms with Crippen LogP contribution in [0.25, 0.3) is 22.4 Å². The monoisotopic (exact) mass is 428 g/mol. The van der Waals surface area contributed by atoms with E-state index in [0.717, 1.165) is 36.2 Å². The van der Waals surface area contributed by atoms with Gasteiger partial charge in [0.25, 0.3) is 0 Å². The Kier molecular flexibility index (Phi) is 3.49. The van der Waals surface area contributed by atoms with Gasteiger partial charge in [0.05, 0.1) is 21.7 Å². The molecule has 0 aliphatic heterocycles. The summed E-state index contributed by atoms with van der Waals surface area (Å²) in [5.74, 6) is 1.71. The molecule has 0 aliphatic carbocycles. The summed E-state index contributed by atoms with van der Waals surface area (Å²) < 4.78 is 7.32. The maximum absolute atomic E-state index is 5.31. The molecule has 0 radical (unpaired) electrons. The van der Waals surface area contributed by atoms with Gasteiger partial charge in [-0.05, 0) is 62.8 Å². The fourth-order valence-corrected chi connectivity index (χ4v) is 3.14. The van der Waals surface area contributed by atoms with Crippen molar-refractivity contribution >= 4 is 49.6 Å². The molecule has 0 saturated heterocycles. The molecule has 5 heteroatoms.